The number of fused-ring (bicyclic) bond motifs is 1. The first-order valence-corrected chi connectivity index (χ1v) is 10.9. The van der Waals surface area contributed by atoms with Crippen molar-refractivity contribution in [3.63, 3.8) is 0 Å². The summed E-state index contributed by atoms with van der Waals surface area (Å²) in [6.07, 6.45) is -2.26. The van der Waals surface area contributed by atoms with Gasteiger partial charge in [0.1, 0.15) is 12.4 Å². The first kappa shape index (κ1) is 24.9. The zero-order valence-electron chi connectivity index (χ0n) is 16.9. The topological polar surface area (TPSA) is 235 Å². The lowest BCUT2D eigenvalue weighted by Gasteiger charge is -2.26. The van der Waals surface area contributed by atoms with Gasteiger partial charge in [0.25, 0.3) is 0 Å². The summed E-state index contributed by atoms with van der Waals surface area (Å²) in [7, 11) is -4.22. The van der Waals surface area contributed by atoms with Crippen molar-refractivity contribution in [1.29, 1.82) is 0 Å². The highest BCUT2D eigenvalue weighted by molar-refractivity contribution is 7.53. The van der Waals surface area contributed by atoms with Crippen LogP contribution in [0.15, 0.2) is 11.4 Å². The first-order valence-electron chi connectivity index (χ1n) is 9.29. The fourth-order valence-electron chi connectivity index (χ4n) is 2.67. The van der Waals surface area contributed by atoms with E-state index in [0.29, 0.717) is 0 Å². The summed E-state index contributed by atoms with van der Waals surface area (Å²) in [4.78, 5) is 24.3. The van der Waals surface area contributed by atoms with Crippen LogP contribution in [0.3, 0.4) is 0 Å². The van der Waals surface area contributed by atoms with Crippen LogP contribution in [0.25, 0.3) is 21.6 Å². The van der Waals surface area contributed by atoms with Crippen LogP contribution < -0.4 is 5.73 Å². The molecule has 0 aromatic carbocycles. The van der Waals surface area contributed by atoms with Gasteiger partial charge in [0.15, 0.2) is 29.1 Å². The Balaban J connectivity index is 2.24. The van der Waals surface area contributed by atoms with E-state index in [1.807, 2.05) is 0 Å². The summed E-state index contributed by atoms with van der Waals surface area (Å²) < 4.78 is 23.8. The molecular weight excluding hydrogens is 435 g/mol. The fraction of sp³-hybridized carbons (Fsp3) is 0.667. The number of anilines is 1. The number of rotatable bonds is 12. The van der Waals surface area contributed by atoms with Crippen molar-refractivity contribution in [2.24, 2.45) is 5.11 Å². The van der Waals surface area contributed by atoms with Gasteiger partial charge in [-0.05, 0) is 30.4 Å². The van der Waals surface area contributed by atoms with E-state index in [4.69, 9.17) is 20.5 Å². The monoisotopic (exact) mass is 460 g/mol. The molecule has 0 aliphatic rings. The number of nitrogens with zero attached hydrogens (tertiary/aromatic N) is 7. The lowest BCUT2D eigenvalue weighted by atomic mass is 10.3. The number of hydrogen-bond donors (Lipinski definition) is 5. The normalized spacial score (nSPS) is 17.5. The number of hydrogen-bond acceptors (Lipinski definition) is 11. The van der Waals surface area contributed by atoms with Crippen molar-refractivity contribution < 1.29 is 34.0 Å². The molecule has 2 heterocycles. The van der Waals surface area contributed by atoms with Crippen LogP contribution in [0.2, 0.25) is 0 Å². The zero-order valence-corrected chi connectivity index (χ0v) is 17.8. The minimum absolute atomic E-state index is 0.00517. The van der Waals surface area contributed by atoms with Crippen molar-refractivity contribution in [1.82, 2.24) is 19.5 Å². The van der Waals surface area contributed by atoms with Gasteiger partial charge in [0.2, 0.25) is 5.95 Å². The number of imidazole rings is 1. The lowest BCUT2D eigenvalue weighted by Crippen LogP contribution is -2.30. The van der Waals surface area contributed by atoms with Gasteiger partial charge < -0.3 is 35.2 Å². The van der Waals surface area contributed by atoms with Crippen LogP contribution >= 0.6 is 7.60 Å². The van der Waals surface area contributed by atoms with Gasteiger partial charge in [-0.25, -0.2) is 15.0 Å². The highest BCUT2D eigenvalue weighted by Crippen LogP contribution is 2.49. The zero-order chi connectivity index (χ0) is 23.2. The number of aliphatic hydroxyl groups excluding tert-OH is 3. The molecule has 0 saturated carbocycles. The molecule has 2 aromatic rings. The molecule has 0 amide bonds. The molecule has 15 nitrogen and oxygen atoms in total. The Morgan fingerprint density at radius 2 is 2.13 bits per heavy atom. The van der Waals surface area contributed by atoms with E-state index in [-0.39, 0.29) is 42.4 Å². The van der Waals surface area contributed by atoms with Gasteiger partial charge >= 0.3 is 7.60 Å². The smallest absolute Gasteiger partial charge is 0.356 e. The van der Waals surface area contributed by atoms with E-state index in [1.165, 1.54) is 6.92 Å². The summed E-state index contributed by atoms with van der Waals surface area (Å²) in [5.74, 6) is -1.73. The standard InChI is InChI=1S/C15H25N8O7P/c1-3-10(26)31(27,28)30-8(2)4-5-29-14(9(25)6-24)23-13-11(12(16)18-7-19-13)20-15(23)21-22-17/h7-10,14,24-26H,3-6H2,1-2H3,(H,27,28)(H2,16,18,19)/t8?,9-,10?,14-/m1/s1. The summed E-state index contributed by atoms with van der Waals surface area (Å²) in [6, 6.07) is 0. The van der Waals surface area contributed by atoms with Gasteiger partial charge in [-0.3, -0.25) is 9.13 Å². The number of aromatic nitrogens is 4. The number of nitrogens with two attached hydrogens (primary N) is 1. The molecule has 0 aliphatic heterocycles. The minimum Gasteiger partial charge on any atom is -0.394 e. The molecule has 16 heteroatoms. The highest BCUT2D eigenvalue weighted by atomic mass is 31.2. The van der Waals surface area contributed by atoms with Crippen LogP contribution in [-0.2, 0) is 13.8 Å². The maximum atomic E-state index is 12.0. The van der Waals surface area contributed by atoms with Crippen LogP contribution in [0.1, 0.15) is 32.9 Å². The van der Waals surface area contributed by atoms with Crippen LogP contribution in [0, 0.1) is 0 Å². The van der Waals surface area contributed by atoms with Gasteiger partial charge in [0.05, 0.1) is 19.3 Å². The Kier molecular flexibility index (Phi) is 8.68. The van der Waals surface area contributed by atoms with Gasteiger partial charge in [-0.2, -0.15) is 0 Å². The summed E-state index contributed by atoms with van der Waals surface area (Å²) in [6.45, 7) is 2.24. The van der Waals surface area contributed by atoms with E-state index < -0.39 is 38.5 Å². The Bertz CT molecular complexity index is 982. The molecule has 172 valence electrons. The number of aliphatic hydroxyl groups is 3. The molecule has 5 atom stereocenters. The van der Waals surface area contributed by atoms with E-state index in [2.05, 4.69) is 25.0 Å². The second-order valence-corrected chi connectivity index (χ2v) is 8.51. The average Bonchev–Trinajstić information content (AvgIpc) is 3.09. The van der Waals surface area contributed by atoms with Crippen molar-refractivity contribution in [3.8, 4) is 0 Å². The number of nitrogen functional groups attached to an aromatic ring is 1. The van der Waals surface area contributed by atoms with Gasteiger partial charge in [-0.1, -0.05) is 6.92 Å². The Hall–Kier alpha value is -2.35. The third-order valence-electron chi connectivity index (χ3n) is 4.28. The van der Waals surface area contributed by atoms with Crippen LogP contribution in [0.5, 0.6) is 0 Å². The molecule has 0 spiro atoms. The average molecular weight is 460 g/mol. The summed E-state index contributed by atoms with van der Waals surface area (Å²) in [5, 5.41) is 32.8. The highest BCUT2D eigenvalue weighted by Gasteiger charge is 2.32. The second kappa shape index (κ2) is 10.8. The molecule has 2 rings (SSSR count). The maximum absolute atomic E-state index is 12.0. The summed E-state index contributed by atoms with van der Waals surface area (Å²) >= 11 is 0. The Labute approximate surface area is 176 Å². The van der Waals surface area contributed by atoms with E-state index in [1.54, 1.807) is 6.92 Å². The SMILES string of the molecule is CCC(O)P(=O)(O)OC(C)CCO[C@H]([C@H](O)CO)n1c(N=[N+]=[N-])nc2c(N)ncnc21. The van der Waals surface area contributed by atoms with Gasteiger partial charge in [0, 0.05) is 4.91 Å². The fourth-order valence-corrected chi connectivity index (χ4v) is 3.90. The van der Waals surface area contributed by atoms with Crippen molar-refractivity contribution in [2.75, 3.05) is 18.9 Å². The third-order valence-corrected chi connectivity index (χ3v) is 6.06. The number of ether oxygens (including phenoxy) is 1. The molecule has 0 saturated heterocycles. The number of azide groups is 1. The van der Waals surface area contributed by atoms with E-state index in [0.717, 1.165) is 10.9 Å². The lowest BCUT2D eigenvalue weighted by molar-refractivity contribution is -0.0993. The second-order valence-electron chi connectivity index (χ2n) is 6.57. The van der Waals surface area contributed by atoms with Crippen LogP contribution in [0.4, 0.5) is 11.8 Å². The predicted octanol–water partition coefficient (Wildman–Crippen LogP) is 0.928. The van der Waals surface area contributed by atoms with Crippen molar-refractivity contribution in [2.45, 2.75) is 51.0 Å². The molecule has 6 N–H and O–H groups in total. The molecule has 2 aromatic heterocycles. The molecule has 0 fully saturated rings. The maximum Gasteiger partial charge on any atom is 0.356 e. The Morgan fingerprint density at radius 1 is 1.42 bits per heavy atom. The quantitative estimate of drug-likeness (QED) is 0.129. The van der Waals surface area contributed by atoms with Gasteiger partial charge in [-0.15, -0.1) is 0 Å². The summed E-state index contributed by atoms with van der Waals surface area (Å²) in [5.41, 5.74) is 14.8. The largest absolute Gasteiger partial charge is 0.394 e. The molecule has 0 bridgehead atoms. The molecule has 0 aliphatic carbocycles. The minimum atomic E-state index is -4.22. The molecule has 0 radical (unpaired) electrons. The van der Waals surface area contributed by atoms with Crippen molar-refractivity contribution in [3.05, 3.63) is 16.8 Å². The molecule has 3 unspecified atom stereocenters. The van der Waals surface area contributed by atoms with Crippen molar-refractivity contribution >= 4 is 30.5 Å². The molecule has 31 heavy (non-hydrogen) atoms. The van der Waals surface area contributed by atoms with Crippen LogP contribution in [-0.4, -0.2) is 71.0 Å². The predicted molar refractivity (Wildman–Crippen MR) is 108 cm³/mol. The van der Waals surface area contributed by atoms with E-state index >= 15 is 0 Å². The first-order chi connectivity index (χ1) is 14.7. The third kappa shape index (κ3) is 5.87. The Morgan fingerprint density at radius 3 is 2.74 bits per heavy atom. The van der Waals surface area contributed by atoms with E-state index in [9.17, 15) is 24.8 Å². The molecular formula is C15H25N8O7P.